The summed E-state index contributed by atoms with van der Waals surface area (Å²) in [4.78, 5) is 23.1. The number of hydrogen-bond donors (Lipinski definition) is 1. The molecule has 1 heterocycles. The minimum atomic E-state index is -0.646. The standard InChI is InChI=1S/C5H5N3O3.C4H7NO/c1-7-4(3-9)2-6-5(7)8(10)11;1-2-3-4-5-6/h2-3H,1H3;2,4,6H,1,3H2. The number of nitro groups is 1. The molecule has 8 nitrogen and oxygen atoms in total. The molecule has 1 aromatic rings. The van der Waals surface area contributed by atoms with Gasteiger partial charge in [0.15, 0.2) is 12.0 Å². The van der Waals surface area contributed by atoms with Gasteiger partial charge in [-0.1, -0.05) is 11.1 Å². The molecule has 0 spiro atoms. The van der Waals surface area contributed by atoms with E-state index in [2.05, 4.69) is 16.7 Å². The van der Waals surface area contributed by atoms with Gasteiger partial charge in [-0.2, -0.15) is 0 Å². The molecule has 0 bridgehead atoms. The largest absolute Gasteiger partial charge is 0.434 e. The highest BCUT2D eigenvalue weighted by Gasteiger charge is 2.15. The van der Waals surface area contributed by atoms with Crippen molar-refractivity contribution in [2.75, 3.05) is 0 Å². The number of rotatable bonds is 4. The zero-order valence-electron chi connectivity index (χ0n) is 9.18. The lowest BCUT2D eigenvalue weighted by Crippen LogP contribution is -2.00. The Balaban J connectivity index is 0.000000366. The molecule has 0 unspecified atom stereocenters. The van der Waals surface area contributed by atoms with Crippen molar-refractivity contribution in [3.8, 4) is 0 Å². The minimum Gasteiger partial charge on any atom is -0.411 e. The van der Waals surface area contributed by atoms with Crippen LogP contribution < -0.4 is 0 Å². The molecule has 1 rings (SSSR count). The predicted octanol–water partition coefficient (Wildman–Crippen LogP) is 1.16. The van der Waals surface area contributed by atoms with Crippen molar-refractivity contribution in [3.63, 3.8) is 0 Å². The average molecular weight is 240 g/mol. The van der Waals surface area contributed by atoms with E-state index < -0.39 is 4.92 Å². The number of aromatic nitrogens is 2. The third-order valence-corrected chi connectivity index (χ3v) is 1.64. The molecule has 1 aromatic heterocycles. The van der Waals surface area contributed by atoms with Gasteiger partial charge in [-0.15, -0.1) is 11.7 Å². The minimum absolute atomic E-state index is 0.191. The normalized spacial score (nSPS) is 9.47. The summed E-state index contributed by atoms with van der Waals surface area (Å²) in [7, 11) is 1.41. The number of carbonyl (C=O) groups excluding carboxylic acids is 1. The number of imidazole rings is 1. The SMILES string of the molecule is C=CCC=NO.Cn1c(C=O)cnc1[N+](=O)[O-]. The van der Waals surface area contributed by atoms with Gasteiger partial charge in [0.2, 0.25) is 0 Å². The lowest BCUT2D eigenvalue weighted by Gasteiger charge is -1.92. The van der Waals surface area contributed by atoms with Crippen molar-refractivity contribution in [1.29, 1.82) is 0 Å². The Hall–Kier alpha value is -2.51. The van der Waals surface area contributed by atoms with E-state index in [4.69, 9.17) is 5.21 Å². The van der Waals surface area contributed by atoms with E-state index in [1.165, 1.54) is 13.3 Å². The Morgan fingerprint density at radius 2 is 2.41 bits per heavy atom. The van der Waals surface area contributed by atoms with Crippen LogP contribution >= 0.6 is 0 Å². The number of hydrogen-bond acceptors (Lipinski definition) is 6. The fraction of sp³-hybridized carbons (Fsp3) is 0.222. The van der Waals surface area contributed by atoms with E-state index in [-0.39, 0.29) is 11.6 Å². The van der Waals surface area contributed by atoms with Gasteiger partial charge in [-0.05, 0) is 4.92 Å². The quantitative estimate of drug-likeness (QED) is 0.212. The lowest BCUT2D eigenvalue weighted by molar-refractivity contribution is -0.396. The van der Waals surface area contributed by atoms with Crippen LogP contribution in [-0.2, 0) is 7.05 Å². The van der Waals surface area contributed by atoms with Gasteiger partial charge < -0.3 is 15.3 Å². The molecule has 0 saturated carbocycles. The zero-order chi connectivity index (χ0) is 13.3. The molecule has 0 aliphatic rings. The molecule has 17 heavy (non-hydrogen) atoms. The monoisotopic (exact) mass is 240 g/mol. The summed E-state index contributed by atoms with van der Waals surface area (Å²) in [5, 5.41) is 20.6. The Morgan fingerprint density at radius 3 is 2.65 bits per heavy atom. The highest BCUT2D eigenvalue weighted by atomic mass is 16.6. The van der Waals surface area contributed by atoms with Gasteiger partial charge in [0.05, 0.1) is 7.05 Å². The van der Waals surface area contributed by atoms with E-state index in [0.717, 1.165) is 10.8 Å². The fourth-order valence-electron chi connectivity index (χ4n) is 0.813. The summed E-state index contributed by atoms with van der Waals surface area (Å²) in [6.45, 7) is 3.40. The molecule has 0 aromatic carbocycles. The summed E-state index contributed by atoms with van der Waals surface area (Å²) in [5.41, 5.74) is 0.191. The van der Waals surface area contributed by atoms with Crippen LogP contribution in [0.15, 0.2) is 24.0 Å². The maximum absolute atomic E-state index is 10.2. The maximum Gasteiger partial charge on any atom is 0.434 e. The summed E-state index contributed by atoms with van der Waals surface area (Å²) in [6.07, 6.45) is 5.33. The van der Waals surface area contributed by atoms with E-state index in [1.54, 1.807) is 6.08 Å². The van der Waals surface area contributed by atoms with Gasteiger partial charge >= 0.3 is 5.95 Å². The number of aldehydes is 1. The molecule has 0 radical (unpaired) electrons. The third-order valence-electron chi connectivity index (χ3n) is 1.64. The van der Waals surface area contributed by atoms with Crippen LogP contribution in [0.1, 0.15) is 16.9 Å². The van der Waals surface area contributed by atoms with Gasteiger partial charge in [-0.3, -0.25) is 4.79 Å². The molecule has 0 fully saturated rings. The summed E-state index contributed by atoms with van der Waals surface area (Å²) < 4.78 is 1.12. The molecule has 0 amide bonds. The van der Waals surface area contributed by atoms with Crippen molar-refractivity contribution in [1.82, 2.24) is 9.55 Å². The Bertz CT molecular complexity index is 425. The molecule has 0 aliphatic heterocycles. The van der Waals surface area contributed by atoms with Crippen molar-refractivity contribution < 1.29 is 14.9 Å². The van der Waals surface area contributed by atoms with Crippen LogP contribution in [0.25, 0.3) is 0 Å². The number of oxime groups is 1. The van der Waals surface area contributed by atoms with Gasteiger partial charge in [0.1, 0.15) is 6.20 Å². The second kappa shape index (κ2) is 7.74. The lowest BCUT2D eigenvalue weighted by atomic mass is 10.5. The van der Waals surface area contributed by atoms with Crippen LogP contribution in [-0.4, -0.2) is 32.2 Å². The van der Waals surface area contributed by atoms with Crippen molar-refractivity contribution in [3.05, 3.63) is 34.7 Å². The van der Waals surface area contributed by atoms with Crippen molar-refractivity contribution in [2.45, 2.75) is 6.42 Å². The molecule has 0 saturated heterocycles. The van der Waals surface area contributed by atoms with Crippen LogP contribution in [0.3, 0.4) is 0 Å². The topological polar surface area (TPSA) is 111 Å². The Kier molecular flexibility index (Phi) is 6.60. The van der Waals surface area contributed by atoms with E-state index >= 15 is 0 Å². The van der Waals surface area contributed by atoms with E-state index in [1.807, 2.05) is 0 Å². The van der Waals surface area contributed by atoms with Crippen LogP contribution in [0.5, 0.6) is 0 Å². The smallest absolute Gasteiger partial charge is 0.411 e. The first kappa shape index (κ1) is 14.5. The fourth-order valence-corrected chi connectivity index (χ4v) is 0.813. The summed E-state index contributed by atoms with van der Waals surface area (Å²) >= 11 is 0. The molecule has 8 heteroatoms. The molecule has 92 valence electrons. The highest BCUT2D eigenvalue weighted by Crippen LogP contribution is 2.07. The molecule has 0 atom stereocenters. The number of carbonyl (C=O) groups is 1. The highest BCUT2D eigenvalue weighted by molar-refractivity contribution is 5.72. The van der Waals surface area contributed by atoms with Crippen molar-refractivity contribution in [2.24, 2.45) is 12.2 Å². The first-order valence-corrected chi connectivity index (χ1v) is 4.46. The molecular weight excluding hydrogens is 228 g/mol. The molecular formula is C9H12N4O4. The van der Waals surface area contributed by atoms with Crippen LogP contribution in [0.2, 0.25) is 0 Å². The summed E-state index contributed by atoms with van der Waals surface area (Å²) in [6, 6.07) is 0. The third kappa shape index (κ3) is 4.69. The van der Waals surface area contributed by atoms with Gasteiger partial charge in [0, 0.05) is 12.6 Å². The number of nitrogens with zero attached hydrogens (tertiary/aromatic N) is 4. The predicted molar refractivity (Wildman–Crippen MR) is 60.3 cm³/mol. The average Bonchev–Trinajstić information content (AvgIpc) is 2.68. The van der Waals surface area contributed by atoms with Crippen LogP contribution in [0.4, 0.5) is 5.95 Å². The number of allylic oxidation sites excluding steroid dienone is 1. The van der Waals surface area contributed by atoms with Crippen LogP contribution in [0, 0.1) is 10.1 Å². The second-order valence-corrected chi connectivity index (χ2v) is 2.74. The second-order valence-electron chi connectivity index (χ2n) is 2.74. The zero-order valence-corrected chi connectivity index (χ0v) is 9.18. The summed E-state index contributed by atoms with van der Waals surface area (Å²) in [5.74, 6) is -0.327. The Labute approximate surface area is 97.0 Å². The maximum atomic E-state index is 10.2. The molecule has 0 aliphatic carbocycles. The molecule has 1 N–H and O–H groups in total. The van der Waals surface area contributed by atoms with E-state index in [9.17, 15) is 14.9 Å². The van der Waals surface area contributed by atoms with Gasteiger partial charge in [0.25, 0.3) is 0 Å². The van der Waals surface area contributed by atoms with E-state index in [0.29, 0.717) is 12.7 Å². The first-order chi connectivity index (χ1) is 8.08. The Morgan fingerprint density at radius 1 is 1.76 bits per heavy atom. The van der Waals surface area contributed by atoms with Crippen molar-refractivity contribution >= 4 is 18.4 Å². The van der Waals surface area contributed by atoms with Gasteiger partial charge in [-0.25, -0.2) is 4.57 Å². The first-order valence-electron chi connectivity index (χ1n) is 4.46.